The number of fused-ring (bicyclic) bond motifs is 1. The number of rotatable bonds is 2. The van der Waals surface area contributed by atoms with E-state index in [4.69, 9.17) is 16.3 Å². The Morgan fingerprint density at radius 3 is 2.83 bits per heavy atom. The van der Waals surface area contributed by atoms with Gasteiger partial charge in [0.25, 0.3) is 11.8 Å². The lowest BCUT2D eigenvalue weighted by Crippen LogP contribution is -2.35. The quantitative estimate of drug-likeness (QED) is 0.919. The molecule has 0 bridgehead atoms. The molecule has 0 saturated carbocycles. The predicted octanol–water partition coefficient (Wildman–Crippen LogP) is 3.26. The minimum Gasteiger partial charge on any atom is -0.482 e. The van der Waals surface area contributed by atoms with Gasteiger partial charge in [0.15, 0.2) is 6.61 Å². The lowest BCUT2D eigenvalue weighted by molar-refractivity contribution is -0.120. The van der Waals surface area contributed by atoms with E-state index < -0.39 is 0 Å². The van der Waals surface area contributed by atoms with E-state index >= 15 is 0 Å². The van der Waals surface area contributed by atoms with Crippen molar-refractivity contribution in [3.05, 3.63) is 52.5 Å². The van der Waals surface area contributed by atoms with Crippen LogP contribution in [-0.2, 0) is 4.79 Å². The molecule has 0 aromatic heterocycles. The molecule has 5 nitrogen and oxygen atoms in total. The third kappa shape index (κ3) is 3.00. The maximum Gasteiger partial charge on any atom is 0.264 e. The van der Waals surface area contributed by atoms with Gasteiger partial charge in [-0.2, -0.15) is 0 Å². The summed E-state index contributed by atoms with van der Waals surface area (Å²) in [5.41, 5.74) is 2.59. The molecule has 118 valence electrons. The highest BCUT2D eigenvalue weighted by Crippen LogP contribution is 2.32. The molecular formula is C17H15ClN2O3. The van der Waals surface area contributed by atoms with Crippen LogP contribution in [0, 0.1) is 6.92 Å². The summed E-state index contributed by atoms with van der Waals surface area (Å²) in [6.07, 6.45) is 0. The van der Waals surface area contributed by atoms with E-state index in [1.807, 2.05) is 13.0 Å². The van der Waals surface area contributed by atoms with Crippen molar-refractivity contribution in [3.63, 3.8) is 0 Å². The molecule has 0 radical (unpaired) electrons. The Morgan fingerprint density at radius 1 is 1.26 bits per heavy atom. The minimum absolute atomic E-state index is 0.0107. The van der Waals surface area contributed by atoms with Crippen molar-refractivity contribution in [2.75, 3.05) is 23.9 Å². The molecule has 2 aromatic rings. The molecule has 1 aliphatic rings. The third-order valence-electron chi connectivity index (χ3n) is 3.76. The van der Waals surface area contributed by atoms with Crippen molar-refractivity contribution in [1.82, 2.24) is 0 Å². The van der Waals surface area contributed by atoms with Crippen molar-refractivity contribution >= 4 is 34.8 Å². The van der Waals surface area contributed by atoms with Gasteiger partial charge in [-0.3, -0.25) is 9.59 Å². The topological polar surface area (TPSA) is 58.6 Å². The van der Waals surface area contributed by atoms with Crippen LogP contribution in [0.4, 0.5) is 11.4 Å². The van der Waals surface area contributed by atoms with E-state index in [0.717, 1.165) is 5.56 Å². The zero-order valence-electron chi connectivity index (χ0n) is 12.7. The first-order chi connectivity index (χ1) is 11.0. The largest absolute Gasteiger partial charge is 0.482 e. The highest BCUT2D eigenvalue weighted by atomic mass is 35.5. The summed E-state index contributed by atoms with van der Waals surface area (Å²) in [6.45, 7) is 1.90. The molecule has 0 spiro atoms. The molecule has 0 fully saturated rings. The smallest absolute Gasteiger partial charge is 0.264 e. The summed E-state index contributed by atoms with van der Waals surface area (Å²) in [5.74, 6) is 0.160. The molecule has 0 atom stereocenters. The Bertz CT molecular complexity index is 804. The lowest BCUT2D eigenvalue weighted by atomic mass is 10.1. The van der Waals surface area contributed by atoms with Gasteiger partial charge in [0.05, 0.1) is 5.69 Å². The number of ether oxygens (including phenoxy) is 1. The summed E-state index contributed by atoms with van der Waals surface area (Å²) in [7, 11) is 1.66. The SMILES string of the molecule is Cc1ccc(Cl)cc1NC(=O)c1ccc2c(c1)N(C)C(=O)CO2. The zero-order valence-corrected chi connectivity index (χ0v) is 13.5. The van der Waals surface area contributed by atoms with Crippen LogP contribution < -0.4 is 15.0 Å². The Hall–Kier alpha value is -2.53. The fraction of sp³-hybridized carbons (Fsp3) is 0.176. The van der Waals surface area contributed by atoms with Crippen LogP contribution in [0.2, 0.25) is 5.02 Å². The van der Waals surface area contributed by atoms with Crippen molar-refractivity contribution in [3.8, 4) is 5.75 Å². The lowest BCUT2D eigenvalue weighted by Gasteiger charge is -2.26. The fourth-order valence-corrected chi connectivity index (χ4v) is 2.51. The summed E-state index contributed by atoms with van der Waals surface area (Å²) >= 11 is 5.96. The highest BCUT2D eigenvalue weighted by Gasteiger charge is 2.23. The van der Waals surface area contributed by atoms with Crippen LogP contribution in [0.5, 0.6) is 5.75 Å². The standard InChI is InChI=1S/C17H15ClN2O3/c1-10-3-5-12(18)8-13(10)19-17(22)11-4-6-15-14(7-11)20(2)16(21)9-23-15/h3-8H,9H2,1-2H3,(H,19,22). The van der Waals surface area contributed by atoms with E-state index in [2.05, 4.69) is 5.32 Å². The molecule has 2 aromatic carbocycles. The second-order valence-electron chi connectivity index (χ2n) is 5.34. The predicted molar refractivity (Wildman–Crippen MR) is 89.5 cm³/mol. The summed E-state index contributed by atoms with van der Waals surface area (Å²) in [6, 6.07) is 10.3. The first-order valence-electron chi connectivity index (χ1n) is 7.06. The molecule has 23 heavy (non-hydrogen) atoms. The Morgan fingerprint density at radius 2 is 2.04 bits per heavy atom. The number of carbonyl (C=O) groups is 2. The van der Waals surface area contributed by atoms with Gasteiger partial charge in [-0.1, -0.05) is 17.7 Å². The van der Waals surface area contributed by atoms with Crippen LogP contribution in [0.1, 0.15) is 15.9 Å². The first kappa shape index (κ1) is 15.4. The van der Waals surface area contributed by atoms with Gasteiger partial charge in [0.2, 0.25) is 0 Å². The van der Waals surface area contributed by atoms with Gasteiger partial charge in [-0.25, -0.2) is 0 Å². The Labute approximate surface area is 138 Å². The van der Waals surface area contributed by atoms with E-state index in [1.165, 1.54) is 4.90 Å². The number of halogens is 1. The molecule has 2 amide bonds. The second-order valence-corrected chi connectivity index (χ2v) is 5.77. The fourth-order valence-electron chi connectivity index (χ4n) is 2.34. The number of nitrogens with zero attached hydrogens (tertiary/aromatic N) is 1. The number of carbonyl (C=O) groups excluding carboxylic acids is 2. The summed E-state index contributed by atoms with van der Waals surface area (Å²) in [5, 5.41) is 3.38. The van der Waals surface area contributed by atoms with Gasteiger partial charge in [0, 0.05) is 23.3 Å². The third-order valence-corrected chi connectivity index (χ3v) is 3.99. The van der Waals surface area contributed by atoms with Crippen LogP contribution in [-0.4, -0.2) is 25.5 Å². The minimum atomic E-state index is -0.274. The number of benzene rings is 2. The first-order valence-corrected chi connectivity index (χ1v) is 7.44. The molecule has 1 aliphatic heterocycles. The van der Waals surface area contributed by atoms with Crippen LogP contribution in [0.15, 0.2) is 36.4 Å². The number of aryl methyl sites for hydroxylation is 1. The van der Waals surface area contributed by atoms with Crippen molar-refractivity contribution in [1.29, 1.82) is 0 Å². The van der Waals surface area contributed by atoms with Gasteiger partial charge in [-0.15, -0.1) is 0 Å². The van der Waals surface area contributed by atoms with Gasteiger partial charge < -0.3 is 15.0 Å². The maximum absolute atomic E-state index is 12.5. The molecule has 3 rings (SSSR count). The average molecular weight is 331 g/mol. The number of hydrogen-bond acceptors (Lipinski definition) is 3. The number of amides is 2. The van der Waals surface area contributed by atoms with Gasteiger partial charge in [0.1, 0.15) is 5.75 Å². The molecule has 1 heterocycles. The van der Waals surface area contributed by atoms with Gasteiger partial charge >= 0.3 is 0 Å². The molecule has 1 N–H and O–H groups in total. The molecule has 0 unspecified atom stereocenters. The van der Waals surface area contributed by atoms with E-state index in [0.29, 0.717) is 27.7 Å². The molecular weight excluding hydrogens is 316 g/mol. The number of hydrogen-bond donors (Lipinski definition) is 1. The van der Waals surface area contributed by atoms with Crippen LogP contribution in [0.25, 0.3) is 0 Å². The Balaban J connectivity index is 1.89. The van der Waals surface area contributed by atoms with E-state index in [1.54, 1.807) is 37.4 Å². The van der Waals surface area contributed by atoms with Crippen molar-refractivity contribution < 1.29 is 14.3 Å². The van der Waals surface area contributed by atoms with Gasteiger partial charge in [-0.05, 0) is 42.8 Å². The second kappa shape index (κ2) is 5.93. The number of anilines is 2. The molecule has 0 aliphatic carbocycles. The number of likely N-dealkylation sites (N-methyl/N-ethyl adjacent to an activating group) is 1. The summed E-state index contributed by atoms with van der Waals surface area (Å²) < 4.78 is 5.35. The van der Waals surface area contributed by atoms with Crippen molar-refractivity contribution in [2.45, 2.75) is 6.92 Å². The highest BCUT2D eigenvalue weighted by molar-refractivity contribution is 6.31. The number of nitrogens with one attached hydrogen (secondary N) is 1. The van der Waals surface area contributed by atoms with Crippen molar-refractivity contribution in [2.24, 2.45) is 0 Å². The maximum atomic E-state index is 12.5. The molecule has 6 heteroatoms. The van der Waals surface area contributed by atoms with Crippen LogP contribution in [0.3, 0.4) is 0 Å². The van der Waals surface area contributed by atoms with E-state index in [-0.39, 0.29) is 18.4 Å². The normalized spacial score (nSPS) is 13.3. The average Bonchev–Trinajstić information content (AvgIpc) is 2.54. The Kier molecular flexibility index (Phi) is 3.96. The zero-order chi connectivity index (χ0) is 16.6. The summed E-state index contributed by atoms with van der Waals surface area (Å²) in [4.78, 5) is 25.6. The van der Waals surface area contributed by atoms with Crippen LogP contribution >= 0.6 is 11.6 Å². The monoisotopic (exact) mass is 330 g/mol. The van der Waals surface area contributed by atoms with E-state index in [9.17, 15) is 9.59 Å². The molecule has 0 saturated heterocycles.